The molecule has 0 aromatic carbocycles. The molecule has 0 amide bonds. The molecule has 0 aromatic rings. The molecule has 0 fully saturated rings. The largest absolute Gasteiger partial charge is 0.311 e. The van der Waals surface area contributed by atoms with Crippen molar-refractivity contribution in [3.63, 3.8) is 0 Å². The van der Waals surface area contributed by atoms with Crippen LogP contribution in [0.3, 0.4) is 0 Å². The van der Waals surface area contributed by atoms with Gasteiger partial charge in [-0.25, -0.2) is 0 Å². The van der Waals surface area contributed by atoms with Gasteiger partial charge in [0.15, 0.2) is 0 Å². The zero-order valence-corrected chi connectivity index (χ0v) is 9.91. The van der Waals surface area contributed by atoms with Gasteiger partial charge in [-0.2, -0.15) is 0 Å². The molecule has 90 valence electrons. The summed E-state index contributed by atoms with van der Waals surface area (Å²) in [5.74, 6) is 0. The summed E-state index contributed by atoms with van der Waals surface area (Å²) in [6.45, 7) is 3.95. The van der Waals surface area contributed by atoms with Gasteiger partial charge in [-0.1, -0.05) is 51.9 Å². The van der Waals surface area contributed by atoms with Gasteiger partial charge in [-0.05, 0) is 13.3 Å². The van der Waals surface area contributed by atoms with Gasteiger partial charge >= 0.3 is 0 Å². The topological polar surface area (TPSA) is 52.4 Å². The first-order chi connectivity index (χ1) is 7.16. The minimum Gasteiger partial charge on any atom is -0.311 e. The Kier molecular flexibility index (Phi) is 9.22. The van der Waals surface area contributed by atoms with E-state index >= 15 is 0 Å². The van der Waals surface area contributed by atoms with Crippen LogP contribution in [0.2, 0.25) is 0 Å². The lowest BCUT2D eigenvalue weighted by Crippen LogP contribution is -2.12. The molecule has 0 saturated heterocycles. The second-order valence-corrected chi connectivity index (χ2v) is 4.05. The Morgan fingerprint density at radius 1 is 1.13 bits per heavy atom. The molecule has 0 aliphatic carbocycles. The minimum absolute atomic E-state index is 0.254. The molecule has 0 rings (SSSR count). The Labute approximate surface area is 92.1 Å². The lowest BCUT2D eigenvalue weighted by Gasteiger charge is -2.08. The molecule has 0 aliphatic heterocycles. The number of nitrogens with zero attached hydrogens (tertiary/aromatic N) is 1. The van der Waals surface area contributed by atoms with Gasteiger partial charge in [-0.15, -0.1) is 10.1 Å². The summed E-state index contributed by atoms with van der Waals surface area (Å²) >= 11 is 0. The average Bonchev–Trinajstić information content (AvgIpc) is 2.15. The van der Waals surface area contributed by atoms with Crippen molar-refractivity contribution in [1.82, 2.24) is 0 Å². The van der Waals surface area contributed by atoms with Crippen molar-refractivity contribution in [2.45, 2.75) is 71.3 Å². The Morgan fingerprint density at radius 3 is 2.20 bits per heavy atom. The van der Waals surface area contributed by atoms with Gasteiger partial charge in [0.2, 0.25) is 0 Å². The van der Waals surface area contributed by atoms with Gasteiger partial charge in [-0.3, -0.25) is 0 Å². The van der Waals surface area contributed by atoms with Gasteiger partial charge in [0.25, 0.3) is 5.09 Å². The normalized spacial score (nSPS) is 12.4. The summed E-state index contributed by atoms with van der Waals surface area (Å²) in [7, 11) is 0. The smallest absolute Gasteiger partial charge is 0.294 e. The van der Waals surface area contributed by atoms with E-state index in [1.165, 1.54) is 32.1 Å². The third kappa shape index (κ3) is 11.1. The third-order valence-electron chi connectivity index (χ3n) is 2.48. The fourth-order valence-electron chi connectivity index (χ4n) is 1.59. The summed E-state index contributed by atoms with van der Waals surface area (Å²) in [6, 6.07) is 0. The maximum absolute atomic E-state index is 10.0. The van der Waals surface area contributed by atoms with Crippen molar-refractivity contribution >= 4 is 0 Å². The predicted octanol–water partition coefficient (Wildman–Crippen LogP) is 3.72. The molecule has 0 N–H and O–H groups in total. The van der Waals surface area contributed by atoms with Crippen molar-refractivity contribution in [3.05, 3.63) is 10.1 Å². The Hall–Kier alpha value is -0.800. The predicted molar refractivity (Wildman–Crippen MR) is 60.2 cm³/mol. The SMILES string of the molecule is CCCCCCCCCC(C)O[N+](=O)[O-]. The molecule has 0 aromatic heterocycles. The van der Waals surface area contributed by atoms with Crippen LogP contribution in [-0.2, 0) is 4.84 Å². The van der Waals surface area contributed by atoms with Crippen molar-refractivity contribution in [1.29, 1.82) is 0 Å². The van der Waals surface area contributed by atoms with Crippen LogP contribution < -0.4 is 0 Å². The second kappa shape index (κ2) is 9.74. The third-order valence-corrected chi connectivity index (χ3v) is 2.48. The molecule has 0 heterocycles. The lowest BCUT2D eigenvalue weighted by molar-refractivity contribution is -0.767. The summed E-state index contributed by atoms with van der Waals surface area (Å²) < 4.78 is 0. The van der Waals surface area contributed by atoms with E-state index in [1.54, 1.807) is 6.92 Å². The molecule has 0 aliphatic rings. The summed E-state index contributed by atoms with van der Waals surface area (Å²) in [5.41, 5.74) is 0. The Bertz CT molecular complexity index is 162. The number of hydrogen-bond acceptors (Lipinski definition) is 3. The van der Waals surface area contributed by atoms with Gasteiger partial charge in [0.1, 0.15) is 6.10 Å². The molecule has 0 radical (unpaired) electrons. The fourth-order valence-corrected chi connectivity index (χ4v) is 1.59. The van der Waals surface area contributed by atoms with Crippen LogP contribution in [0, 0.1) is 10.1 Å². The van der Waals surface area contributed by atoms with Gasteiger partial charge < -0.3 is 4.84 Å². The van der Waals surface area contributed by atoms with E-state index in [4.69, 9.17) is 0 Å². The highest BCUT2D eigenvalue weighted by molar-refractivity contribution is 4.50. The van der Waals surface area contributed by atoms with Crippen LogP contribution in [0.1, 0.15) is 65.2 Å². The standard InChI is InChI=1S/C11H23NO3/c1-3-4-5-6-7-8-9-10-11(2)15-12(13)14/h11H,3-10H2,1-2H3. The quantitative estimate of drug-likeness (QED) is 0.318. The molecule has 4 nitrogen and oxygen atoms in total. The first-order valence-corrected chi connectivity index (χ1v) is 5.98. The van der Waals surface area contributed by atoms with E-state index in [9.17, 15) is 10.1 Å². The van der Waals surface area contributed by atoms with Gasteiger partial charge in [0.05, 0.1) is 0 Å². The van der Waals surface area contributed by atoms with E-state index in [2.05, 4.69) is 11.8 Å². The van der Waals surface area contributed by atoms with Crippen LogP contribution in [0.15, 0.2) is 0 Å². The van der Waals surface area contributed by atoms with Crippen LogP contribution in [-0.4, -0.2) is 11.2 Å². The van der Waals surface area contributed by atoms with Crippen LogP contribution in [0.4, 0.5) is 0 Å². The zero-order valence-electron chi connectivity index (χ0n) is 9.91. The molecular weight excluding hydrogens is 194 g/mol. The maximum atomic E-state index is 10.0. The Balaban J connectivity index is 3.13. The maximum Gasteiger partial charge on any atom is 0.294 e. The molecule has 1 atom stereocenters. The average molecular weight is 217 g/mol. The zero-order chi connectivity index (χ0) is 11.5. The number of rotatable bonds is 10. The second-order valence-electron chi connectivity index (χ2n) is 4.05. The van der Waals surface area contributed by atoms with Crippen molar-refractivity contribution in [3.8, 4) is 0 Å². The van der Waals surface area contributed by atoms with Crippen molar-refractivity contribution in [2.75, 3.05) is 0 Å². The first-order valence-electron chi connectivity index (χ1n) is 5.98. The summed E-state index contributed by atoms with van der Waals surface area (Å²) in [6.07, 6.45) is 9.16. The highest BCUT2D eigenvalue weighted by atomic mass is 17.0. The van der Waals surface area contributed by atoms with Crippen LogP contribution in [0.25, 0.3) is 0 Å². The van der Waals surface area contributed by atoms with E-state index in [0.29, 0.717) is 0 Å². The van der Waals surface area contributed by atoms with Gasteiger partial charge in [0, 0.05) is 0 Å². The molecular formula is C11H23NO3. The van der Waals surface area contributed by atoms with E-state index in [-0.39, 0.29) is 6.10 Å². The van der Waals surface area contributed by atoms with Crippen LogP contribution >= 0.6 is 0 Å². The highest BCUT2D eigenvalue weighted by Crippen LogP contribution is 2.10. The van der Waals surface area contributed by atoms with Crippen molar-refractivity contribution < 1.29 is 9.92 Å². The molecule has 15 heavy (non-hydrogen) atoms. The minimum atomic E-state index is -0.702. The monoisotopic (exact) mass is 217 g/mol. The fraction of sp³-hybridized carbons (Fsp3) is 1.00. The van der Waals surface area contributed by atoms with Crippen molar-refractivity contribution in [2.24, 2.45) is 0 Å². The van der Waals surface area contributed by atoms with E-state index in [0.717, 1.165) is 19.3 Å². The summed E-state index contributed by atoms with van der Waals surface area (Å²) in [5, 5.41) is 9.30. The molecule has 4 heteroatoms. The number of unbranched alkanes of at least 4 members (excludes halogenated alkanes) is 6. The lowest BCUT2D eigenvalue weighted by atomic mass is 10.1. The first kappa shape index (κ1) is 14.2. The number of hydrogen-bond donors (Lipinski definition) is 0. The van der Waals surface area contributed by atoms with E-state index in [1.807, 2.05) is 0 Å². The van der Waals surface area contributed by atoms with Crippen LogP contribution in [0.5, 0.6) is 0 Å². The summed E-state index contributed by atoms with van der Waals surface area (Å²) in [4.78, 5) is 14.4. The van der Waals surface area contributed by atoms with E-state index < -0.39 is 5.09 Å². The molecule has 1 unspecified atom stereocenters. The molecule has 0 spiro atoms. The molecule has 0 bridgehead atoms. The molecule has 0 saturated carbocycles. The highest BCUT2D eigenvalue weighted by Gasteiger charge is 2.05. The Morgan fingerprint density at radius 2 is 1.67 bits per heavy atom.